The quantitative estimate of drug-likeness (QED) is 0.833. The molecule has 18 heavy (non-hydrogen) atoms. The number of phenolic OH excluding ortho intramolecular Hbond substituents is 1. The molecule has 0 aliphatic carbocycles. The Balaban J connectivity index is 1.76. The summed E-state index contributed by atoms with van der Waals surface area (Å²) in [4.78, 5) is 11.6. The van der Waals surface area contributed by atoms with E-state index in [0.29, 0.717) is 26.2 Å². The average molecular weight is 249 g/mol. The van der Waals surface area contributed by atoms with E-state index in [1.54, 1.807) is 12.1 Å². The van der Waals surface area contributed by atoms with E-state index in [2.05, 4.69) is 5.32 Å². The van der Waals surface area contributed by atoms with E-state index in [1.807, 2.05) is 12.1 Å². The van der Waals surface area contributed by atoms with Crippen LogP contribution in [0.1, 0.15) is 5.56 Å². The van der Waals surface area contributed by atoms with Crippen molar-refractivity contribution in [3.05, 3.63) is 41.9 Å². The highest BCUT2D eigenvalue weighted by atomic mass is 16.6. The summed E-state index contributed by atoms with van der Waals surface area (Å²) in [5, 5.41) is 11.9. The SMILES string of the molecule is O=C(NCCc1ccc(O)cc1)C1=COCCO1. The maximum absolute atomic E-state index is 11.6. The van der Waals surface area contributed by atoms with E-state index in [0.717, 1.165) is 5.56 Å². The highest BCUT2D eigenvalue weighted by Gasteiger charge is 2.13. The molecule has 0 saturated heterocycles. The van der Waals surface area contributed by atoms with Crippen molar-refractivity contribution in [2.24, 2.45) is 0 Å². The van der Waals surface area contributed by atoms with Crippen LogP contribution in [0.3, 0.4) is 0 Å². The van der Waals surface area contributed by atoms with Crippen LogP contribution in [0.25, 0.3) is 0 Å². The molecule has 96 valence electrons. The predicted molar refractivity (Wildman–Crippen MR) is 64.8 cm³/mol. The Morgan fingerprint density at radius 1 is 1.28 bits per heavy atom. The van der Waals surface area contributed by atoms with E-state index in [4.69, 9.17) is 14.6 Å². The van der Waals surface area contributed by atoms with Crippen LogP contribution in [-0.4, -0.2) is 30.8 Å². The molecule has 5 nitrogen and oxygen atoms in total. The van der Waals surface area contributed by atoms with Crippen molar-refractivity contribution in [3.8, 4) is 5.75 Å². The number of hydrogen-bond donors (Lipinski definition) is 2. The molecule has 1 amide bonds. The molecule has 2 rings (SSSR count). The number of carbonyl (C=O) groups excluding carboxylic acids is 1. The first-order chi connectivity index (χ1) is 8.75. The number of aromatic hydroxyl groups is 1. The zero-order chi connectivity index (χ0) is 12.8. The van der Waals surface area contributed by atoms with Crippen molar-refractivity contribution in [1.82, 2.24) is 5.32 Å². The summed E-state index contributed by atoms with van der Waals surface area (Å²) in [7, 11) is 0. The summed E-state index contributed by atoms with van der Waals surface area (Å²) < 4.78 is 10.2. The molecule has 0 radical (unpaired) electrons. The Bertz CT molecular complexity index is 439. The van der Waals surface area contributed by atoms with E-state index >= 15 is 0 Å². The second kappa shape index (κ2) is 5.95. The van der Waals surface area contributed by atoms with Crippen molar-refractivity contribution in [2.45, 2.75) is 6.42 Å². The molecular weight excluding hydrogens is 234 g/mol. The molecule has 1 aliphatic rings. The van der Waals surface area contributed by atoms with E-state index in [1.165, 1.54) is 6.26 Å². The molecule has 1 aromatic rings. The van der Waals surface area contributed by atoms with Crippen molar-refractivity contribution in [1.29, 1.82) is 0 Å². The standard InChI is InChI=1S/C13H15NO4/c15-11-3-1-10(2-4-11)5-6-14-13(16)12-9-17-7-8-18-12/h1-4,9,15H,5-8H2,(H,14,16). The van der Waals surface area contributed by atoms with Gasteiger partial charge in [0.15, 0.2) is 0 Å². The number of benzene rings is 1. The Morgan fingerprint density at radius 2 is 2.06 bits per heavy atom. The minimum Gasteiger partial charge on any atom is -0.508 e. The van der Waals surface area contributed by atoms with Gasteiger partial charge in [0.1, 0.15) is 25.2 Å². The molecule has 0 aromatic heterocycles. The molecule has 1 aliphatic heterocycles. The number of carbonyl (C=O) groups is 1. The van der Waals surface area contributed by atoms with Crippen LogP contribution in [0, 0.1) is 0 Å². The lowest BCUT2D eigenvalue weighted by atomic mass is 10.1. The van der Waals surface area contributed by atoms with Gasteiger partial charge in [-0.25, -0.2) is 0 Å². The lowest BCUT2D eigenvalue weighted by molar-refractivity contribution is -0.122. The summed E-state index contributed by atoms with van der Waals surface area (Å²) in [6.07, 6.45) is 2.03. The minimum absolute atomic E-state index is 0.215. The molecule has 2 N–H and O–H groups in total. The first kappa shape index (κ1) is 12.3. The van der Waals surface area contributed by atoms with Gasteiger partial charge in [-0.15, -0.1) is 0 Å². The van der Waals surface area contributed by atoms with Gasteiger partial charge < -0.3 is 19.9 Å². The van der Waals surface area contributed by atoms with Crippen LogP contribution in [0.4, 0.5) is 0 Å². The number of hydrogen-bond acceptors (Lipinski definition) is 4. The van der Waals surface area contributed by atoms with Crippen molar-refractivity contribution in [2.75, 3.05) is 19.8 Å². The monoisotopic (exact) mass is 249 g/mol. The zero-order valence-electron chi connectivity index (χ0n) is 9.89. The minimum atomic E-state index is -0.270. The number of nitrogens with one attached hydrogen (secondary N) is 1. The maximum Gasteiger partial charge on any atom is 0.289 e. The lowest BCUT2D eigenvalue weighted by Gasteiger charge is -2.14. The Morgan fingerprint density at radius 3 is 2.72 bits per heavy atom. The van der Waals surface area contributed by atoms with Crippen LogP contribution in [0.15, 0.2) is 36.3 Å². The molecule has 0 bridgehead atoms. The molecule has 0 saturated carbocycles. The Hall–Kier alpha value is -2.17. The smallest absolute Gasteiger partial charge is 0.289 e. The van der Waals surface area contributed by atoms with Gasteiger partial charge in [-0.3, -0.25) is 4.79 Å². The van der Waals surface area contributed by atoms with Gasteiger partial charge >= 0.3 is 0 Å². The highest BCUT2D eigenvalue weighted by molar-refractivity contribution is 5.91. The van der Waals surface area contributed by atoms with Crippen LogP contribution in [0.5, 0.6) is 5.75 Å². The second-order valence-electron chi connectivity index (χ2n) is 3.87. The van der Waals surface area contributed by atoms with Gasteiger partial charge in [0.05, 0.1) is 0 Å². The van der Waals surface area contributed by atoms with Gasteiger partial charge in [-0.2, -0.15) is 0 Å². The number of phenols is 1. The van der Waals surface area contributed by atoms with Gasteiger partial charge in [0.2, 0.25) is 5.76 Å². The summed E-state index contributed by atoms with van der Waals surface area (Å²) in [5.41, 5.74) is 1.04. The Kier molecular flexibility index (Phi) is 4.06. The fourth-order valence-electron chi connectivity index (χ4n) is 1.56. The fourth-order valence-corrected chi connectivity index (χ4v) is 1.56. The largest absolute Gasteiger partial charge is 0.508 e. The normalized spacial score (nSPS) is 14.1. The van der Waals surface area contributed by atoms with E-state index in [-0.39, 0.29) is 17.4 Å². The maximum atomic E-state index is 11.6. The average Bonchev–Trinajstić information content (AvgIpc) is 2.42. The first-order valence-corrected chi connectivity index (χ1v) is 5.76. The summed E-state index contributed by atoms with van der Waals surface area (Å²) in [5.74, 6) is 0.182. The summed E-state index contributed by atoms with van der Waals surface area (Å²) in [6.45, 7) is 1.38. The van der Waals surface area contributed by atoms with E-state index < -0.39 is 0 Å². The third-order valence-electron chi connectivity index (χ3n) is 2.51. The van der Waals surface area contributed by atoms with Gasteiger partial charge in [-0.05, 0) is 24.1 Å². The lowest BCUT2D eigenvalue weighted by Crippen LogP contribution is -2.30. The van der Waals surface area contributed by atoms with Crippen LogP contribution in [-0.2, 0) is 20.7 Å². The van der Waals surface area contributed by atoms with E-state index in [9.17, 15) is 4.79 Å². The topological polar surface area (TPSA) is 67.8 Å². The summed E-state index contributed by atoms with van der Waals surface area (Å²) in [6, 6.07) is 6.89. The number of ether oxygens (including phenoxy) is 2. The molecule has 5 heteroatoms. The predicted octanol–water partition coefficient (Wildman–Crippen LogP) is 0.939. The first-order valence-electron chi connectivity index (χ1n) is 5.76. The van der Waals surface area contributed by atoms with Gasteiger partial charge in [0, 0.05) is 6.54 Å². The van der Waals surface area contributed by atoms with Gasteiger partial charge in [-0.1, -0.05) is 12.1 Å². The highest BCUT2D eigenvalue weighted by Crippen LogP contribution is 2.09. The van der Waals surface area contributed by atoms with Crippen LogP contribution >= 0.6 is 0 Å². The van der Waals surface area contributed by atoms with Gasteiger partial charge in [0.25, 0.3) is 5.91 Å². The van der Waals surface area contributed by atoms with Crippen LogP contribution < -0.4 is 5.32 Å². The molecule has 0 fully saturated rings. The fraction of sp³-hybridized carbons (Fsp3) is 0.308. The Labute approximate surface area is 105 Å². The van der Waals surface area contributed by atoms with Crippen molar-refractivity contribution in [3.63, 3.8) is 0 Å². The molecule has 0 atom stereocenters. The number of rotatable bonds is 4. The van der Waals surface area contributed by atoms with Crippen molar-refractivity contribution >= 4 is 5.91 Å². The third kappa shape index (κ3) is 3.41. The molecular formula is C13H15NO4. The molecule has 1 heterocycles. The third-order valence-corrected chi connectivity index (χ3v) is 2.51. The zero-order valence-corrected chi connectivity index (χ0v) is 9.89. The molecule has 0 unspecified atom stereocenters. The number of amides is 1. The van der Waals surface area contributed by atoms with Crippen LogP contribution in [0.2, 0.25) is 0 Å². The summed E-state index contributed by atoms with van der Waals surface area (Å²) >= 11 is 0. The second-order valence-corrected chi connectivity index (χ2v) is 3.87. The molecule has 1 aromatic carbocycles. The molecule has 0 spiro atoms. The van der Waals surface area contributed by atoms with Crippen molar-refractivity contribution < 1.29 is 19.4 Å².